The number of unbranched alkanes of at least 4 members (excludes halogenated alkanes) is 1. The summed E-state index contributed by atoms with van der Waals surface area (Å²) in [4.78, 5) is 14.8. The van der Waals surface area contributed by atoms with Crippen molar-refractivity contribution in [3.05, 3.63) is 119 Å². The maximum absolute atomic E-state index is 9.88. The summed E-state index contributed by atoms with van der Waals surface area (Å²) < 4.78 is 0. The van der Waals surface area contributed by atoms with E-state index in [9.17, 15) is 5.41 Å². The highest BCUT2D eigenvalue weighted by molar-refractivity contribution is 5.83. The van der Waals surface area contributed by atoms with Crippen molar-refractivity contribution in [3.63, 3.8) is 0 Å². The fraction of sp³-hybridized carbons (Fsp3) is 0.500. The number of hydrogen-bond donors (Lipinski definition) is 2. The molecule has 4 aromatic rings. The van der Waals surface area contributed by atoms with E-state index in [1.165, 1.54) is 58.7 Å². The second kappa shape index (κ2) is 18.1. The molecule has 3 heterocycles. The number of nitrogens with one attached hydrogen (secondary N) is 1. The lowest BCUT2D eigenvalue weighted by atomic mass is 9.96. The molecule has 0 aliphatic carbocycles. The highest BCUT2D eigenvalue weighted by Gasteiger charge is 2.41. The summed E-state index contributed by atoms with van der Waals surface area (Å²) in [5, 5.41) is 12.5. The largest absolute Gasteiger partial charge is 0.370 e. The minimum Gasteiger partial charge on any atom is -0.370 e. The van der Waals surface area contributed by atoms with Gasteiger partial charge >= 0.3 is 0 Å². The zero-order valence-corrected chi connectivity index (χ0v) is 33.9. The summed E-state index contributed by atoms with van der Waals surface area (Å²) in [6.07, 6.45) is 8.84. The molecule has 292 valence electrons. The number of hydrogen-bond acceptors (Lipinski definition) is 5. The topological polar surface area (TPSA) is 75.2 Å². The van der Waals surface area contributed by atoms with E-state index in [0.29, 0.717) is 41.9 Å². The van der Waals surface area contributed by atoms with Crippen molar-refractivity contribution in [2.45, 2.75) is 109 Å². The molecule has 3 aliphatic heterocycles. The summed E-state index contributed by atoms with van der Waals surface area (Å²) in [6, 6.07) is 37.0. The van der Waals surface area contributed by atoms with Gasteiger partial charge in [0.05, 0.1) is 12.6 Å². The van der Waals surface area contributed by atoms with Crippen molar-refractivity contribution in [1.82, 2.24) is 19.6 Å². The zero-order chi connectivity index (χ0) is 38.3. The smallest absolute Gasteiger partial charge is 0.194 e. The molecular weight excluding hydrogens is 675 g/mol. The second-order valence-electron chi connectivity index (χ2n) is 17.2. The van der Waals surface area contributed by atoms with Gasteiger partial charge in [0.15, 0.2) is 11.9 Å². The molecule has 0 saturated carbocycles. The van der Waals surface area contributed by atoms with Gasteiger partial charge in [0.2, 0.25) is 0 Å². The van der Waals surface area contributed by atoms with E-state index in [1.807, 2.05) is 0 Å². The Kier molecular flexibility index (Phi) is 12.8. The van der Waals surface area contributed by atoms with Crippen molar-refractivity contribution in [2.24, 2.45) is 16.6 Å². The van der Waals surface area contributed by atoms with Crippen LogP contribution in [-0.2, 0) is 19.3 Å². The predicted molar refractivity (Wildman–Crippen MR) is 231 cm³/mol. The number of benzene rings is 4. The number of rotatable bonds is 17. The minimum absolute atomic E-state index is 0.193. The first-order valence-electron chi connectivity index (χ1n) is 21.3. The van der Waals surface area contributed by atoms with Crippen molar-refractivity contribution in [3.8, 4) is 0 Å². The summed E-state index contributed by atoms with van der Waals surface area (Å²) in [7, 11) is 0. The maximum atomic E-state index is 9.88. The zero-order valence-electron chi connectivity index (χ0n) is 33.9. The lowest BCUT2D eigenvalue weighted by molar-refractivity contribution is 0.157. The number of likely N-dealkylation sites (tertiary alicyclic amines) is 1. The summed E-state index contributed by atoms with van der Waals surface area (Å²) in [5.74, 6) is 2.40. The van der Waals surface area contributed by atoms with Crippen LogP contribution >= 0.6 is 0 Å². The summed E-state index contributed by atoms with van der Waals surface area (Å²) in [6.45, 7) is 14.7. The van der Waals surface area contributed by atoms with Gasteiger partial charge in [0.1, 0.15) is 0 Å². The van der Waals surface area contributed by atoms with Crippen LogP contribution in [0.1, 0.15) is 88.0 Å². The Morgan fingerprint density at radius 3 is 2.29 bits per heavy atom. The van der Waals surface area contributed by atoms with Crippen molar-refractivity contribution < 1.29 is 0 Å². The molecule has 3 aliphatic rings. The van der Waals surface area contributed by atoms with Gasteiger partial charge in [-0.2, -0.15) is 0 Å². The Morgan fingerprint density at radius 2 is 1.53 bits per heavy atom. The number of nitrogens with two attached hydrogens (primary N) is 1. The molecule has 2 fully saturated rings. The maximum Gasteiger partial charge on any atom is 0.194 e. The Balaban J connectivity index is 1.12. The first-order valence-corrected chi connectivity index (χ1v) is 21.3. The molecule has 7 nitrogen and oxygen atoms in total. The van der Waals surface area contributed by atoms with Gasteiger partial charge in [-0.25, -0.2) is 0 Å². The van der Waals surface area contributed by atoms with Crippen LogP contribution in [0.15, 0.2) is 102 Å². The third kappa shape index (κ3) is 9.55. The van der Waals surface area contributed by atoms with Crippen molar-refractivity contribution in [1.29, 1.82) is 5.41 Å². The molecule has 7 heteroatoms. The van der Waals surface area contributed by atoms with E-state index >= 15 is 0 Å². The number of guanidine groups is 2. The first-order chi connectivity index (χ1) is 26.7. The molecule has 5 atom stereocenters. The van der Waals surface area contributed by atoms with Gasteiger partial charge in [-0.15, -0.1) is 0 Å². The van der Waals surface area contributed by atoms with E-state index in [0.717, 1.165) is 65.0 Å². The van der Waals surface area contributed by atoms with E-state index < -0.39 is 0 Å². The predicted octanol–water partition coefficient (Wildman–Crippen LogP) is 8.57. The monoisotopic (exact) mass is 740 g/mol. The molecule has 55 heavy (non-hydrogen) atoms. The van der Waals surface area contributed by atoms with Crippen LogP contribution in [0.4, 0.5) is 0 Å². The summed E-state index contributed by atoms with van der Waals surface area (Å²) >= 11 is 0. The quantitative estimate of drug-likeness (QED) is 0.114. The molecular formula is C48H65N7. The molecule has 2 unspecified atom stereocenters. The Bertz CT molecular complexity index is 1870. The summed E-state index contributed by atoms with van der Waals surface area (Å²) in [5.41, 5.74) is 12.1. The fourth-order valence-electron chi connectivity index (χ4n) is 9.48. The van der Waals surface area contributed by atoms with E-state index in [-0.39, 0.29) is 6.04 Å². The Morgan fingerprint density at radius 1 is 0.782 bits per heavy atom. The van der Waals surface area contributed by atoms with Gasteiger partial charge in [0.25, 0.3) is 0 Å². The van der Waals surface area contributed by atoms with Crippen molar-refractivity contribution in [2.75, 3.05) is 39.3 Å². The van der Waals surface area contributed by atoms with E-state index in [1.54, 1.807) is 0 Å². The van der Waals surface area contributed by atoms with Crippen LogP contribution in [0.2, 0.25) is 0 Å². The molecule has 0 amide bonds. The van der Waals surface area contributed by atoms with Gasteiger partial charge in [-0.3, -0.25) is 15.3 Å². The lowest BCUT2D eigenvalue weighted by Gasteiger charge is -2.37. The van der Waals surface area contributed by atoms with Gasteiger partial charge in [0, 0.05) is 44.3 Å². The fourth-order valence-corrected chi connectivity index (χ4v) is 9.48. The van der Waals surface area contributed by atoms with Crippen LogP contribution in [0.3, 0.4) is 0 Å². The van der Waals surface area contributed by atoms with E-state index in [4.69, 9.17) is 10.7 Å². The van der Waals surface area contributed by atoms with Gasteiger partial charge in [-0.1, -0.05) is 138 Å². The van der Waals surface area contributed by atoms with Crippen LogP contribution in [0, 0.1) is 11.3 Å². The standard InChI is InChI=1S/C48H65N7/c1-5-6-17-44-34-55(48(50)54(44)31-36(4)40-22-19-38(20-23-40)26-35(2)3)46(29-39-21-24-41-15-10-11-16-42(41)27-39)32-52-25-12-18-43(52)33-53-45(30-51-47(53)49)28-37-13-8-7-9-14-37/h7-11,13-16,19-24,27,35-36,43-46,50H,5-6,12,17-18,25-26,28-34H2,1-4H3,(H2,49,51)/t36?,43?,44-,45+,46-/m1/s1. The average molecular weight is 740 g/mol. The average Bonchev–Trinajstić information content (AvgIpc) is 3.87. The highest BCUT2D eigenvalue weighted by atomic mass is 15.5. The highest BCUT2D eigenvalue weighted by Crippen LogP contribution is 2.31. The normalized spacial score (nSPS) is 21.6. The first kappa shape index (κ1) is 38.9. The minimum atomic E-state index is 0.193. The third-order valence-electron chi connectivity index (χ3n) is 12.5. The Hall–Kier alpha value is -4.36. The molecule has 0 radical (unpaired) electrons. The van der Waals surface area contributed by atoms with Crippen molar-refractivity contribution >= 4 is 22.7 Å². The van der Waals surface area contributed by atoms with Crippen LogP contribution in [0.25, 0.3) is 10.8 Å². The third-order valence-corrected chi connectivity index (χ3v) is 12.5. The molecule has 2 saturated heterocycles. The number of fused-ring (bicyclic) bond motifs is 1. The molecule has 0 aromatic heterocycles. The van der Waals surface area contributed by atoms with Gasteiger partial charge < -0.3 is 20.4 Å². The van der Waals surface area contributed by atoms with Gasteiger partial charge in [-0.05, 0) is 89.9 Å². The van der Waals surface area contributed by atoms with Crippen LogP contribution in [-0.4, -0.2) is 95.0 Å². The molecule has 4 aromatic carbocycles. The molecule has 7 rings (SSSR count). The Labute approximate surface area is 331 Å². The molecule has 0 spiro atoms. The van der Waals surface area contributed by atoms with E-state index in [2.05, 4.69) is 144 Å². The SMILES string of the molecule is CCCC[C@@H]1CN([C@H](Cc2ccc3ccccc3c2)CN2CCCC2CN2C(N)=NC[C@@H]2Cc2ccccc2)C(=N)N1CC(C)c1ccc(CC(C)C)cc1. The number of nitrogens with zero attached hydrogens (tertiary/aromatic N) is 5. The molecule has 0 bridgehead atoms. The van der Waals surface area contributed by atoms with Crippen LogP contribution < -0.4 is 5.73 Å². The molecule has 3 N–H and O–H groups in total. The van der Waals surface area contributed by atoms with Crippen LogP contribution in [0.5, 0.6) is 0 Å². The lowest BCUT2D eigenvalue weighted by Crippen LogP contribution is -2.52. The number of aliphatic imine (C=N–C) groups is 1. The second-order valence-corrected chi connectivity index (χ2v) is 17.2.